The summed E-state index contributed by atoms with van der Waals surface area (Å²) in [4.78, 5) is 12.3. The first-order valence-corrected chi connectivity index (χ1v) is 9.76. The van der Waals surface area contributed by atoms with E-state index in [-0.39, 0.29) is 23.2 Å². The molecule has 2 aromatic rings. The van der Waals surface area contributed by atoms with E-state index in [9.17, 15) is 13.2 Å². The minimum atomic E-state index is -3.74. The maximum Gasteiger partial charge on any atom is 0.261 e. The Morgan fingerprint density at radius 3 is 2.22 bits per heavy atom. The Morgan fingerprint density at radius 2 is 1.67 bits per heavy atom. The van der Waals surface area contributed by atoms with Crippen LogP contribution < -0.4 is 15.8 Å². The van der Waals surface area contributed by atoms with Crippen molar-refractivity contribution < 1.29 is 13.2 Å². The zero-order chi connectivity index (χ0) is 19.5. The molecule has 0 heterocycles. The molecule has 0 saturated heterocycles. The Kier molecular flexibility index (Phi) is 7.42. The Hall–Kier alpha value is -2.09. The van der Waals surface area contributed by atoms with Crippen LogP contribution >= 0.6 is 12.4 Å². The van der Waals surface area contributed by atoms with Crippen molar-refractivity contribution >= 4 is 34.0 Å². The number of nitrogens with two attached hydrogens (primary N) is 1. The van der Waals surface area contributed by atoms with Gasteiger partial charge in [-0.1, -0.05) is 12.1 Å². The van der Waals surface area contributed by atoms with Crippen molar-refractivity contribution in [3.63, 3.8) is 0 Å². The monoisotopic (exact) mass is 411 g/mol. The van der Waals surface area contributed by atoms with Gasteiger partial charge in [0, 0.05) is 17.6 Å². The molecule has 0 radical (unpaired) electrons. The van der Waals surface area contributed by atoms with Gasteiger partial charge in [-0.25, -0.2) is 8.42 Å². The van der Waals surface area contributed by atoms with Gasteiger partial charge in [0.05, 0.1) is 10.6 Å². The van der Waals surface area contributed by atoms with Gasteiger partial charge in [-0.2, -0.15) is 0 Å². The highest BCUT2D eigenvalue weighted by atomic mass is 35.5. The molecule has 0 aliphatic heterocycles. The Labute approximate surface area is 167 Å². The van der Waals surface area contributed by atoms with Crippen LogP contribution in [0.3, 0.4) is 0 Å². The normalized spacial score (nSPS) is 11.4. The summed E-state index contributed by atoms with van der Waals surface area (Å²) in [6, 6.07) is 11.2. The number of halogens is 1. The van der Waals surface area contributed by atoms with Gasteiger partial charge >= 0.3 is 0 Å². The molecule has 1 amide bonds. The SMILES string of the molecule is Cc1cccc(NS(=O)(=O)c2ccc(C(=O)NC(C)(C)CN)cc2)c1C.Cl. The molecule has 8 heteroatoms. The topological polar surface area (TPSA) is 101 Å². The molecule has 0 spiro atoms. The third kappa shape index (κ3) is 5.69. The van der Waals surface area contributed by atoms with Crippen LogP contribution in [-0.4, -0.2) is 26.4 Å². The molecule has 2 aromatic carbocycles. The van der Waals surface area contributed by atoms with E-state index < -0.39 is 15.6 Å². The minimum Gasteiger partial charge on any atom is -0.346 e. The number of carbonyl (C=O) groups excluding carboxylic acids is 1. The molecule has 148 valence electrons. The molecule has 0 fully saturated rings. The van der Waals surface area contributed by atoms with Crippen LogP contribution in [0.2, 0.25) is 0 Å². The maximum atomic E-state index is 12.6. The summed E-state index contributed by atoms with van der Waals surface area (Å²) in [5, 5.41) is 2.80. The van der Waals surface area contributed by atoms with Crippen LogP contribution in [0.4, 0.5) is 5.69 Å². The first kappa shape index (κ1) is 23.0. The molecule has 0 saturated carbocycles. The van der Waals surface area contributed by atoms with Crippen LogP contribution in [0.25, 0.3) is 0 Å². The van der Waals surface area contributed by atoms with Gasteiger partial charge in [-0.3, -0.25) is 9.52 Å². The second-order valence-corrected chi connectivity index (χ2v) is 8.60. The molecule has 0 atom stereocenters. The third-order valence-corrected chi connectivity index (χ3v) is 5.62. The fraction of sp³-hybridized carbons (Fsp3) is 0.316. The standard InChI is InChI=1S/C19H25N3O3S.ClH/c1-13-6-5-7-17(14(13)2)22-26(24,25)16-10-8-15(9-11-16)18(23)21-19(3,4)12-20;/h5-11,22H,12,20H2,1-4H3,(H,21,23);1H. The van der Waals surface area contributed by atoms with Crippen LogP contribution in [0, 0.1) is 13.8 Å². The molecule has 0 aromatic heterocycles. The average molecular weight is 412 g/mol. The van der Waals surface area contributed by atoms with Crippen LogP contribution in [0.15, 0.2) is 47.4 Å². The Bertz CT molecular complexity index is 910. The zero-order valence-electron chi connectivity index (χ0n) is 15.9. The highest BCUT2D eigenvalue weighted by molar-refractivity contribution is 7.92. The van der Waals surface area contributed by atoms with E-state index in [1.165, 1.54) is 24.3 Å². The summed E-state index contributed by atoms with van der Waals surface area (Å²) < 4.78 is 27.8. The van der Waals surface area contributed by atoms with Crippen molar-refractivity contribution in [2.45, 2.75) is 38.1 Å². The van der Waals surface area contributed by atoms with Crippen LogP contribution in [-0.2, 0) is 10.0 Å². The third-order valence-electron chi connectivity index (χ3n) is 4.24. The van der Waals surface area contributed by atoms with E-state index in [4.69, 9.17) is 5.73 Å². The van der Waals surface area contributed by atoms with Crippen LogP contribution in [0.1, 0.15) is 35.3 Å². The number of rotatable bonds is 6. The lowest BCUT2D eigenvalue weighted by atomic mass is 10.1. The quantitative estimate of drug-likeness (QED) is 0.680. The van der Waals surface area contributed by atoms with Crippen molar-refractivity contribution in [3.05, 3.63) is 59.2 Å². The van der Waals surface area contributed by atoms with Gasteiger partial charge in [-0.05, 0) is 69.2 Å². The van der Waals surface area contributed by atoms with E-state index in [1.54, 1.807) is 12.1 Å². The fourth-order valence-corrected chi connectivity index (χ4v) is 3.40. The first-order valence-electron chi connectivity index (χ1n) is 8.27. The molecular weight excluding hydrogens is 386 g/mol. The second-order valence-electron chi connectivity index (χ2n) is 6.92. The number of anilines is 1. The van der Waals surface area contributed by atoms with E-state index in [2.05, 4.69) is 10.0 Å². The number of hydrogen-bond donors (Lipinski definition) is 3. The van der Waals surface area contributed by atoms with Crippen molar-refractivity contribution in [2.75, 3.05) is 11.3 Å². The summed E-state index contributed by atoms with van der Waals surface area (Å²) in [6.45, 7) is 7.71. The second kappa shape index (κ2) is 8.73. The lowest BCUT2D eigenvalue weighted by Gasteiger charge is -2.24. The number of carbonyl (C=O) groups is 1. The predicted octanol–water partition coefficient (Wildman–Crippen LogP) is 2.99. The van der Waals surface area contributed by atoms with Crippen LogP contribution in [0.5, 0.6) is 0 Å². The van der Waals surface area contributed by atoms with Gasteiger partial charge in [-0.15, -0.1) is 12.4 Å². The minimum absolute atomic E-state index is 0. The molecule has 0 aliphatic rings. The van der Waals surface area contributed by atoms with E-state index in [0.29, 0.717) is 17.8 Å². The molecule has 6 nitrogen and oxygen atoms in total. The first-order chi connectivity index (χ1) is 12.1. The lowest BCUT2D eigenvalue weighted by Crippen LogP contribution is -2.48. The molecular formula is C19H26ClN3O3S. The zero-order valence-corrected chi connectivity index (χ0v) is 17.5. The molecule has 4 N–H and O–H groups in total. The van der Waals surface area contributed by atoms with E-state index in [0.717, 1.165) is 11.1 Å². The van der Waals surface area contributed by atoms with Gasteiger partial charge in [0.2, 0.25) is 0 Å². The number of sulfonamides is 1. The fourth-order valence-electron chi connectivity index (χ4n) is 2.28. The van der Waals surface area contributed by atoms with Gasteiger partial charge in [0.1, 0.15) is 0 Å². The Balaban J connectivity index is 0.00000364. The summed E-state index contributed by atoms with van der Waals surface area (Å²) >= 11 is 0. The summed E-state index contributed by atoms with van der Waals surface area (Å²) in [5.41, 5.74) is 7.85. The van der Waals surface area contributed by atoms with E-state index >= 15 is 0 Å². The summed E-state index contributed by atoms with van der Waals surface area (Å²) in [6.07, 6.45) is 0. The number of amides is 1. The smallest absolute Gasteiger partial charge is 0.261 e. The van der Waals surface area contributed by atoms with E-state index in [1.807, 2.05) is 33.8 Å². The summed E-state index contributed by atoms with van der Waals surface area (Å²) in [5.74, 6) is -0.299. The molecule has 0 unspecified atom stereocenters. The molecule has 0 bridgehead atoms. The largest absolute Gasteiger partial charge is 0.346 e. The molecule has 0 aliphatic carbocycles. The van der Waals surface area contributed by atoms with Crippen molar-refractivity contribution in [1.82, 2.24) is 5.32 Å². The van der Waals surface area contributed by atoms with Crippen molar-refractivity contribution in [3.8, 4) is 0 Å². The Morgan fingerprint density at radius 1 is 1.07 bits per heavy atom. The highest BCUT2D eigenvalue weighted by Gasteiger charge is 2.20. The highest BCUT2D eigenvalue weighted by Crippen LogP contribution is 2.22. The predicted molar refractivity (Wildman–Crippen MR) is 111 cm³/mol. The number of benzene rings is 2. The number of nitrogens with one attached hydrogen (secondary N) is 2. The van der Waals surface area contributed by atoms with Gasteiger partial charge < -0.3 is 11.1 Å². The van der Waals surface area contributed by atoms with Gasteiger partial charge in [0.15, 0.2) is 0 Å². The number of aryl methyl sites for hydroxylation is 1. The van der Waals surface area contributed by atoms with Gasteiger partial charge in [0.25, 0.3) is 15.9 Å². The maximum absolute atomic E-state index is 12.6. The van der Waals surface area contributed by atoms with Crippen molar-refractivity contribution in [1.29, 1.82) is 0 Å². The summed E-state index contributed by atoms with van der Waals surface area (Å²) in [7, 11) is -3.74. The average Bonchev–Trinajstić information content (AvgIpc) is 2.58. The lowest BCUT2D eigenvalue weighted by molar-refractivity contribution is 0.0915. The molecule has 27 heavy (non-hydrogen) atoms. The molecule has 2 rings (SSSR count). The van der Waals surface area contributed by atoms with Crippen molar-refractivity contribution in [2.24, 2.45) is 5.73 Å². The number of hydrogen-bond acceptors (Lipinski definition) is 4.